The van der Waals surface area contributed by atoms with E-state index in [1.807, 2.05) is 0 Å². The molecule has 0 N–H and O–H groups in total. The predicted octanol–water partition coefficient (Wildman–Crippen LogP) is 3.24. The van der Waals surface area contributed by atoms with Crippen LogP contribution in [-0.2, 0) is 0 Å². The number of hydrogen-bond donors (Lipinski definition) is 0. The quantitative estimate of drug-likeness (QED) is 0.482. The maximum Gasteiger partial charge on any atom is -0.0331 e. The molecule has 1 unspecified atom stereocenters. The summed E-state index contributed by atoms with van der Waals surface area (Å²) < 4.78 is 0. The van der Waals surface area contributed by atoms with Crippen LogP contribution in [0.5, 0.6) is 0 Å². The lowest BCUT2D eigenvalue weighted by atomic mass is 9.72. The first-order valence-electron chi connectivity index (χ1n) is 4.26. The smallest absolute Gasteiger partial charge is 0.0331 e. The van der Waals surface area contributed by atoms with E-state index in [4.69, 9.17) is 0 Å². The monoisotopic (exact) mass is 138 g/mol. The third-order valence-electron chi connectivity index (χ3n) is 2.35. The number of rotatable bonds is 0. The van der Waals surface area contributed by atoms with Gasteiger partial charge in [-0.1, -0.05) is 20.8 Å². The van der Waals surface area contributed by atoms with E-state index in [1.54, 1.807) is 0 Å². The van der Waals surface area contributed by atoms with Crippen LogP contribution in [-0.4, -0.2) is 0 Å². The van der Waals surface area contributed by atoms with Crippen molar-refractivity contribution < 1.29 is 0 Å². The van der Waals surface area contributed by atoms with Crippen LogP contribution >= 0.6 is 0 Å². The minimum atomic E-state index is 0.483. The molecule has 1 aliphatic carbocycles. The maximum absolute atomic E-state index is 2.49. The summed E-state index contributed by atoms with van der Waals surface area (Å²) in [5.74, 6) is 0.821. The first-order valence-corrected chi connectivity index (χ1v) is 4.26. The summed E-state index contributed by atoms with van der Waals surface area (Å²) in [7, 11) is 0. The van der Waals surface area contributed by atoms with E-state index in [1.165, 1.54) is 19.3 Å². The van der Waals surface area contributed by atoms with Crippen molar-refractivity contribution in [3.05, 3.63) is 12.8 Å². The Morgan fingerprint density at radius 1 is 1.20 bits per heavy atom. The molecule has 1 fully saturated rings. The van der Waals surface area contributed by atoms with Crippen molar-refractivity contribution in [2.75, 3.05) is 0 Å². The molecule has 0 heteroatoms. The van der Waals surface area contributed by atoms with E-state index in [0.717, 1.165) is 5.92 Å². The molecule has 1 rings (SSSR count). The summed E-state index contributed by atoms with van der Waals surface area (Å²) in [6.07, 6.45) is 8.80. The summed E-state index contributed by atoms with van der Waals surface area (Å²) in [5, 5.41) is 0. The first kappa shape index (κ1) is 8.10. The van der Waals surface area contributed by atoms with Crippen LogP contribution < -0.4 is 0 Å². The number of hydrogen-bond acceptors (Lipinski definition) is 0. The topological polar surface area (TPSA) is 0 Å². The molecule has 0 aromatic carbocycles. The molecule has 0 aromatic rings. The molecule has 10 heavy (non-hydrogen) atoms. The fraction of sp³-hybridized carbons (Fsp3) is 0.800. The summed E-state index contributed by atoms with van der Waals surface area (Å²) in [4.78, 5) is 0. The molecular formula is C10H18. The van der Waals surface area contributed by atoms with Gasteiger partial charge in [-0.2, -0.15) is 0 Å². The van der Waals surface area contributed by atoms with Crippen LogP contribution in [0.2, 0.25) is 0 Å². The van der Waals surface area contributed by atoms with Gasteiger partial charge in [0.05, 0.1) is 0 Å². The Morgan fingerprint density at radius 3 is 2.20 bits per heavy atom. The van der Waals surface area contributed by atoms with Crippen LogP contribution in [0.15, 0.2) is 0 Å². The molecule has 0 amide bonds. The SMILES string of the molecule is CC(C)(C)C1[CH]CC[CH]C1. The highest BCUT2D eigenvalue weighted by Gasteiger charge is 2.25. The Bertz CT molecular complexity index is 91.1. The standard InChI is InChI=1S/C10H18/c1-10(2,3)9-7-5-4-6-8-9/h5,8-9H,4,6-7H2,1-3H3. The van der Waals surface area contributed by atoms with Crippen molar-refractivity contribution in [2.45, 2.75) is 40.0 Å². The Labute approximate surface area is 65.0 Å². The second-order valence-corrected chi connectivity index (χ2v) is 4.31. The van der Waals surface area contributed by atoms with Gasteiger partial charge >= 0.3 is 0 Å². The van der Waals surface area contributed by atoms with Gasteiger partial charge in [0, 0.05) is 0 Å². The fourth-order valence-corrected chi connectivity index (χ4v) is 1.52. The fourth-order valence-electron chi connectivity index (χ4n) is 1.52. The van der Waals surface area contributed by atoms with Gasteiger partial charge in [-0.15, -0.1) is 0 Å². The van der Waals surface area contributed by atoms with Gasteiger partial charge in [-0.05, 0) is 43.4 Å². The zero-order valence-corrected chi connectivity index (χ0v) is 7.35. The second kappa shape index (κ2) is 2.94. The lowest BCUT2D eigenvalue weighted by Gasteiger charge is -2.33. The molecule has 2 radical (unpaired) electrons. The minimum absolute atomic E-state index is 0.483. The summed E-state index contributed by atoms with van der Waals surface area (Å²) in [5.41, 5.74) is 0.483. The third-order valence-corrected chi connectivity index (χ3v) is 2.35. The maximum atomic E-state index is 2.49. The molecule has 1 saturated carbocycles. The van der Waals surface area contributed by atoms with E-state index < -0.39 is 0 Å². The molecule has 0 aromatic heterocycles. The molecule has 0 saturated heterocycles. The van der Waals surface area contributed by atoms with Crippen LogP contribution in [0.4, 0.5) is 0 Å². The minimum Gasteiger partial charge on any atom is -0.0599 e. The summed E-state index contributed by atoms with van der Waals surface area (Å²) >= 11 is 0. The van der Waals surface area contributed by atoms with Gasteiger partial charge in [0.2, 0.25) is 0 Å². The second-order valence-electron chi connectivity index (χ2n) is 4.31. The molecule has 0 nitrogen and oxygen atoms in total. The molecule has 0 heterocycles. The third kappa shape index (κ3) is 2.00. The highest BCUT2D eigenvalue weighted by atomic mass is 14.3. The zero-order valence-electron chi connectivity index (χ0n) is 7.35. The van der Waals surface area contributed by atoms with Gasteiger partial charge in [-0.3, -0.25) is 0 Å². The molecule has 58 valence electrons. The highest BCUT2D eigenvalue weighted by molar-refractivity contribution is 4.94. The average Bonchev–Trinajstić information content (AvgIpc) is 1.88. The lowest BCUT2D eigenvalue weighted by molar-refractivity contribution is 0.253. The van der Waals surface area contributed by atoms with Crippen molar-refractivity contribution in [1.29, 1.82) is 0 Å². The molecule has 0 bridgehead atoms. The first-order chi connectivity index (χ1) is 4.61. The van der Waals surface area contributed by atoms with Crippen molar-refractivity contribution >= 4 is 0 Å². The summed E-state index contributed by atoms with van der Waals surface area (Å²) in [6.45, 7) is 6.98. The van der Waals surface area contributed by atoms with Crippen molar-refractivity contribution in [2.24, 2.45) is 11.3 Å². The molecule has 1 aliphatic rings. The Hall–Kier alpha value is 0. The van der Waals surface area contributed by atoms with E-state index in [0.29, 0.717) is 5.41 Å². The van der Waals surface area contributed by atoms with E-state index in [2.05, 4.69) is 33.6 Å². The van der Waals surface area contributed by atoms with Crippen LogP contribution in [0.25, 0.3) is 0 Å². The van der Waals surface area contributed by atoms with E-state index >= 15 is 0 Å². The molecule has 0 spiro atoms. The lowest BCUT2D eigenvalue weighted by Crippen LogP contribution is -2.23. The van der Waals surface area contributed by atoms with Gasteiger partial charge in [-0.25, -0.2) is 0 Å². The molecule has 1 atom stereocenters. The summed E-state index contributed by atoms with van der Waals surface area (Å²) in [6, 6.07) is 0. The van der Waals surface area contributed by atoms with Gasteiger partial charge in [0.15, 0.2) is 0 Å². The van der Waals surface area contributed by atoms with Crippen molar-refractivity contribution in [3.63, 3.8) is 0 Å². The normalized spacial score (nSPS) is 23.1. The molecule has 0 aliphatic heterocycles. The predicted molar refractivity (Wildman–Crippen MR) is 45.4 cm³/mol. The van der Waals surface area contributed by atoms with E-state index in [-0.39, 0.29) is 0 Å². The Balaban J connectivity index is 2.39. The zero-order chi connectivity index (χ0) is 7.61. The van der Waals surface area contributed by atoms with Gasteiger partial charge in [0.1, 0.15) is 0 Å². The van der Waals surface area contributed by atoms with Crippen LogP contribution in [0.1, 0.15) is 40.0 Å². The highest BCUT2D eigenvalue weighted by Crippen LogP contribution is 2.36. The van der Waals surface area contributed by atoms with Crippen LogP contribution in [0, 0.1) is 24.2 Å². The van der Waals surface area contributed by atoms with Gasteiger partial charge < -0.3 is 0 Å². The van der Waals surface area contributed by atoms with Gasteiger partial charge in [0.25, 0.3) is 0 Å². The Kier molecular flexibility index (Phi) is 2.38. The van der Waals surface area contributed by atoms with Crippen molar-refractivity contribution in [1.82, 2.24) is 0 Å². The van der Waals surface area contributed by atoms with Crippen LogP contribution in [0.3, 0.4) is 0 Å². The molecular weight excluding hydrogens is 120 g/mol. The average molecular weight is 138 g/mol. The van der Waals surface area contributed by atoms with Crippen molar-refractivity contribution in [3.8, 4) is 0 Å². The Morgan fingerprint density at radius 2 is 1.90 bits per heavy atom. The largest absolute Gasteiger partial charge is 0.0599 e. The van der Waals surface area contributed by atoms with E-state index in [9.17, 15) is 0 Å².